The SMILES string of the molecule is COc1ccc2c(c1)[C@H]1[C@@H](CC2)[C@H]1NC(=O)Nc1ccc(C#N)cn1. The maximum Gasteiger partial charge on any atom is 0.320 e. The molecular weight excluding hydrogens is 316 g/mol. The lowest BCUT2D eigenvalue weighted by atomic mass is 9.92. The summed E-state index contributed by atoms with van der Waals surface area (Å²) in [5.41, 5.74) is 3.10. The van der Waals surface area contributed by atoms with Crippen molar-refractivity contribution in [1.29, 1.82) is 5.26 Å². The molecule has 126 valence electrons. The Balaban J connectivity index is 1.42. The number of carbonyl (C=O) groups is 1. The first kappa shape index (κ1) is 15.5. The Hall–Kier alpha value is -3.07. The van der Waals surface area contributed by atoms with Gasteiger partial charge in [-0.25, -0.2) is 9.78 Å². The molecule has 0 bridgehead atoms. The van der Waals surface area contributed by atoms with Gasteiger partial charge in [0.1, 0.15) is 17.6 Å². The first-order chi connectivity index (χ1) is 12.2. The van der Waals surface area contributed by atoms with Gasteiger partial charge in [-0.3, -0.25) is 5.32 Å². The molecule has 0 aliphatic heterocycles. The Morgan fingerprint density at radius 1 is 1.36 bits per heavy atom. The molecule has 2 amide bonds. The van der Waals surface area contributed by atoms with Crippen molar-refractivity contribution >= 4 is 11.8 Å². The number of hydrogen-bond acceptors (Lipinski definition) is 4. The van der Waals surface area contributed by atoms with Gasteiger partial charge in [0.25, 0.3) is 0 Å². The third kappa shape index (κ3) is 2.89. The smallest absolute Gasteiger partial charge is 0.320 e. The molecule has 25 heavy (non-hydrogen) atoms. The Bertz CT molecular complexity index is 857. The Morgan fingerprint density at radius 3 is 2.96 bits per heavy atom. The number of ether oxygens (including phenoxy) is 1. The number of urea groups is 1. The topological polar surface area (TPSA) is 87.0 Å². The van der Waals surface area contributed by atoms with Crippen molar-refractivity contribution in [3.63, 3.8) is 0 Å². The minimum Gasteiger partial charge on any atom is -0.497 e. The number of nitrogens with zero attached hydrogens (tertiary/aromatic N) is 2. The van der Waals surface area contributed by atoms with Gasteiger partial charge in [-0.2, -0.15) is 5.26 Å². The van der Waals surface area contributed by atoms with Crippen LogP contribution in [-0.4, -0.2) is 24.2 Å². The van der Waals surface area contributed by atoms with Crippen LogP contribution in [0.5, 0.6) is 5.75 Å². The molecule has 1 fully saturated rings. The zero-order chi connectivity index (χ0) is 17.4. The first-order valence-electron chi connectivity index (χ1n) is 8.30. The number of fused-ring (bicyclic) bond motifs is 3. The van der Waals surface area contributed by atoms with Crippen LogP contribution in [0.15, 0.2) is 36.5 Å². The molecule has 3 atom stereocenters. The third-order valence-electron chi connectivity index (χ3n) is 5.06. The standard InChI is InChI=1S/C19H18N4O2/c1-25-13-5-3-12-4-6-14-17(15(12)8-13)18(14)23-19(24)22-16-7-2-11(9-20)10-21-16/h2-3,5,7-8,10,14,17-18H,4,6H2,1H3,(H2,21,22,23,24)/t14-,17-,18-/m1/s1. The fraction of sp³-hybridized carbons (Fsp3) is 0.316. The molecule has 1 heterocycles. The fourth-order valence-corrected chi connectivity index (χ4v) is 3.75. The second-order valence-corrected chi connectivity index (χ2v) is 6.46. The lowest BCUT2D eigenvalue weighted by Crippen LogP contribution is -2.32. The molecule has 1 saturated carbocycles. The normalized spacial score (nSPS) is 22.8. The van der Waals surface area contributed by atoms with E-state index in [1.54, 1.807) is 19.2 Å². The zero-order valence-corrected chi connectivity index (χ0v) is 13.8. The van der Waals surface area contributed by atoms with E-state index in [0.29, 0.717) is 23.2 Å². The number of aromatic nitrogens is 1. The molecule has 2 N–H and O–H groups in total. The average Bonchev–Trinajstić information content (AvgIpc) is 3.35. The van der Waals surface area contributed by atoms with Crippen LogP contribution in [0.25, 0.3) is 0 Å². The van der Waals surface area contributed by atoms with E-state index in [-0.39, 0.29) is 12.1 Å². The van der Waals surface area contributed by atoms with Crippen LogP contribution >= 0.6 is 0 Å². The van der Waals surface area contributed by atoms with Gasteiger partial charge in [0.05, 0.1) is 12.7 Å². The van der Waals surface area contributed by atoms with Gasteiger partial charge in [-0.15, -0.1) is 0 Å². The molecule has 2 aliphatic rings. The van der Waals surface area contributed by atoms with E-state index < -0.39 is 0 Å². The van der Waals surface area contributed by atoms with E-state index in [0.717, 1.165) is 18.6 Å². The summed E-state index contributed by atoms with van der Waals surface area (Å²) in [6.45, 7) is 0. The van der Waals surface area contributed by atoms with Crippen LogP contribution < -0.4 is 15.4 Å². The quantitative estimate of drug-likeness (QED) is 0.903. The highest BCUT2D eigenvalue weighted by Gasteiger charge is 2.54. The maximum atomic E-state index is 12.2. The second-order valence-electron chi connectivity index (χ2n) is 6.46. The molecule has 1 aromatic heterocycles. The number of methoxy groups -OCH3 is 1. The summed E-state index contributed by atoms with van der Waals surface area (Å²) in [5.74, 6) is 2.14. The number of nitrogens with one attached hydrogen (secondary N) is 2. The summed E-state index contributed by atoms with van der Waals surface area (Å²) >= 11 is 0. The van der Waals surface area contributed by atoms with Gasteiger partial charge in [-0.1, -0.05) is 6.07 Å². The molecule has 1 aromatic carbocycles. The van der Waals surface area contributed by atoms with Crippen LogP contribution in [-0.2, 0) is 6.42 Å². The minimum atomic E-state index is -0.263. The lowest BCUT2D eigenvalue weighted by Gasteiger charge is -2.15. The third-order valence-corrected chi connectivity index (χ3v) is 5.06. The predicted octanol–water partition coefficient (Wildman–Crippen LogP) is 2.81. The number of aryl methyl sites for hydroxylation is 1. The molecule has 2 aromatic rings. The summed E-state index contributed by atoms with van der Waals surface area (Å²) in [6, 6.07) is 11.3. The van der Waals surface area contributed by atoms with Crippen molar-refractivity contribution in [2.24, 2.45) is 5.92 Å². The van der Waals surface area contributed by atoms with Gasteiger partial charge in [0.2, 0.25) is 0 Å². The molecule has 4 rings (SSSR count). The number of pyridine rings is 1. The molecule has 6 heteroatoms. The van der Waals surface area contributed by atoms with Crippen molar-refractivity contribution in [1.82, 2.24) is 10.3 Å². The van der Waals surface area contributed by atoms with Crippen LogP contribution in [0.2, 0.25) is 0 Å². The van der Waals surface area contributed by atoms with E-state index in [1.807, 2.05) is 12.1 Å². The molecular formula is C19H18N4O2. The van der Waals surface area contributed by atoms with E-state index >= 15 is 0 Å². The molecule has 0 spiro atoms. The Kier molecular flexibility index (Phi) is 3.77. The Morgan fingerprint density at radius 2 is 2.24 bits per heavy atom. The van der Waals surface area contributed by atoms with Gasteiger partial charge in [-0.05, 0) is 54.2 Å². The number of carbonyl (C=O) groups excluding carboxylic acids is 1. The number of amides is 2. The number of hydrogen-bond donors (Lipinski definition) is 2. The highest BCUT2D eigenvalue weighted by atomic mass is 16.5. The highest BCUT2D eigenvalue weighted by Crippen LogP contribution is 2.55. The maximum absolute atomic E-state index is 12.2. The Labute approximate surface area is 145 Å². The van der Waals surface area contributed by atoms with E-state index in [4.69, 9.17) is 10.00 Å². The van der Waals surface area contributed by atoms with E-state index in [9.17, 15) is 4.79 Å². The lowest BCUT2D eigenvalue weighted by molar-refractivity contribution is 0.251. The molecule has 0 saturated heterocycles. The van der Waals surface area contributed by atoms with Crippen molar-refractivity contribution < 1.29 is 9.53 Å². The van der Waals surface area contributed by atoms with Crippen LogP contribution in [0, 0.1) is 17.2 Å². The second kappa shape index (κ2) is 6.10. The van der Waals surface area contributed by atoms with Crippen LogP contribution in [0.4, 0.5) is 10.6 Å². The molecule has 2 aliphatic carbocycles. The number of nitriles is 1. The highest BCUT2D eigenvalue weighted by molar-refractivity contribution is 5.88. The fourth-order valence-electron chi connectivity index (χ4n) is 3.75. The molecule has 0 radical (unpaired) electrons. The summed E-state index contributed by atoms with van der Waals surface area (Å²) in [6.07, 6.45) is 3.57. The summed E-state index contributed by atoms with van der Waals surface area (Å²) in [7, 11) is 1.67. The van der Waals surface area contributed by atoms with Crippen molar-refractivity contribution in [3.05, 3.63) is 53.2 Å². The molecule has 0 unspecified atom stereocenters. The van der Waals surface area contributed by atoms with Crippen molar-refractivity contribution in [2.45, 2.75) is 24.8 Å². The van der Waals surface area contributed by atoms with Crippen LogP contribution in [0.1, 0.15) is 29.0 Å². The zero-order valence-electron chi connectivity index (χ0n) is 13.8. The van der Waals surface area contributed by atoms with E-state index in [1.165, 1.54) is 17.3 Å². The monoisotopic (exact) mass is 334 g/mol. The number of benzene rings is 1. The van der Waals surface area contributed by atoms with Gasteiger partial charge >= 0.3 is 6.03 Å². The average molecular weight is 334 g/mol. The minimum absolute atomic E-state index is 0.145. The first-order valence-corrected chi connectivity index (χ1v) is 8.30. The van der Waals surface area contributed by atoms with Crippen LogP contribution in [0.3, 0.4) is 0 Å². The predicted molar refractivity (Wildman–Crippen MR) is 92.4 cm³/mol. The number of anilines is 1. The summed E-state index contributed by atoms with van der Waals surface area (Å²) in [4.78, 5) is 16.3. The summed E-state index contributed by atoms with van der Waals surface area (Å²) < 4.78 is 5.33. The van der Waals surface area contributed by atoms with Gasteiger partial charge in [0, 0.05) is 18.2 Å². The van der Waals surface area contributed by atoms with Crippen molar-refractivity contribution in [3.8, 4) is 11.8 Å². The molecule has 6 nitrogen and oxygen atoms in total. The van der Waals surface area contributed by atoms with Gasteiger partial charge < -0.3 is 10.1 Å². The largest absolute Gasteiger partial charge is 0.497 e. The number of rotatable bonds is 3. The van der Waals surface area contributed by atoms with Gasteiger partial charge in [0.15, 0.2) is 0 Å². The van der Waals surface area contributed by atoms with E-state index in [2.05, 4.69) is 27.8 Å². The van der Waals surface area contributed by atoms with Crippen molar-refractivity contribution in [2.75, 3.05) is 12.4 Å². The summed E-state index contributed by atoms with van der Waals surface area (Å²) in [5, 5.41) is 14.6.